The summed E-state index contributed by atoms with van der Waals surface area (Å²) in [6, 6.07) is 15.4. The standard InChI is InChI=1S/C25H27Cl3N2O3/c26-20-8-4-18(5-9-20)12-15-31-23-3-1-2-22(33-23)16-32-24(19-6-10-21(27)11-7-19)25(28)30-14-13-29-17-30/h4-11,13-14,17,22-25H,1-3,12,15-16H2. The fourth-order valence-electron chi connectivity index (χ4n) is 3.84. The molecule has 5 nitrogen and oxygen atoms in total. The number of aromatic nitrogens is 2. The van der Waals surface area contributed by atoms with E-state index in [9.17, 15) is 0 Å². The first-order chi connectivity index (χ1) is 16.1. The van der Waals surface area contributed by atoms with Crippen LogP contribution in [0.5, 0.6) is 0 Å². The van der Waals surface area contributed by atoms with E-state index in [2.05, 4.69) is 4.98 Å². The maximum absolute atomic E-state index is 6.76. The van der Waals surface area contributed by atoms with Gasteiger partial charge in [-0.15, -0.1) is 0 Å². The van der Waals surface area contributed by atoms with E-state index in [4.69, 9.17) is 49.0 Å². The predicted octanol–water partition coefficient (Wildman–Crippen LogP) is 6.84. The molecular weight excluding hydrogens is 483 g/mol. The maximum atomic E-state index is 6.76. The Kier molecular flexibility index (Phi) is 9.07. The maximum Gasteiger partial charge on any atom is 0.158 e. The normalized spacial score (nSPS) is 20.5. The minimum Gasteiger partial charge on any atom is -0.367 e. The SMILES string of the molecule is Clc1ccc(CCOC2CCCC(COC(c3ccc(Cl)cc3)C(Cl)n3ccnc3)O2)cc1. The zero-order chi connectivity index (χ0) is 23.0. The third-order valence-corrected chi connectivity index (χ3v) is 6.60. The monoisotopic (exact) mass is 508 g/mol. The third-order valence-electron chi connectivity index (χ3n) is 5.64. The van der Waals surface area contributed by atoms with Gasteiger partial charge in [-0.2, -0.15) is 0 Å². The molecule has 0 N–H and O–H groups in total. The number of hydrogen-bond donors (Lipinski definition) is 0. The van der Waals surface area contributed by atoms with E-state index >= 15 is 0 Å². The summed E-state index contributed by atoms with van der Waals surface area (Å²) >= 11 is 18.8. The minimum absolute atomic E-state index is 0.0549. The molecule has 4 atom stereocenters. The van der Waals surface area contributed by atoms with Gasteiger partial charge in [-0.25, -0.2) is 4.98 Å². The molecule has 2 heterocycles. The lowest BCUT2D eigenvalue weighted by Gasteiger charge is -2.32. The molecule has 8 heteroatoms. The van der Waals surface area contributed by atoms with Gasteiger partial charge < -0.3 is 18.8 Å². The zero-order valence-corrected chi connectivity index (χ0v) is 20.4. The summed E-state index contributed by atoms with van der Waals surface area (Å²) in [6.07, 6.45) is 8.18. The number of rotatable bonds is 10. The molecule has 0 amide bonds. The number of nitrogens with zero attached hydrogens (tertiary/aromatic N) is 2. The van der Waals surface area contributed by atoms with Crippen LogP contribution in [0.3, 0.4) is 0 Å². The molecule has 0 spiro atoms. The first-order valence-corrected chi connectivity index (χ1v) is 12.3. The van der Waals surface area contributed by atoms with Crippen molar-refractivity contribution in [1.82, 2.24) is 9.55 Å². The van der Waals surface area contributed by atoms with E-state index in [1.807, 2.05) is 59.3 Å². The summed E-state index contributed by atoms with van der Waals surface area (Å²) in [4.78, 5) is 4.10. The fraction of sp³-hybridized carbons (Fsp3) is 0.400. The van der Waals surface area contributed by atoms with E-state index in [-0.39, 0.29) is 18.5 Å². The molecule has 0 aliphatic carbocycles. The molecule has 1 saturated heterocycles. The van der Waals surface area contributed by atoms with Crippen LogP contribution in [0.25, 0.3) is 0 Å². The Morgan fingerprint density at radius 3 is 2.45 bits per heavy atom. The minimum atomic E-state index is -0.455. The smallest absolute Gasteiger partial charge is 0.158 e. The van der Waals surface area contributed by atoms with Crippen molar-refractivity contribution in [3.8, 4) is 0 Å². The largest absolute Gasteiger partial charge is 0.367 e. The van der Waals surface area contributed by atoms with Crippen LogP contribution in [0, 0.1) is 0 Å². The molecular formula is C25H27Cl3N2O3. The van der Waals surface area contributed by atoms with Crippen LogP contribution < -0.4 is 0 Å². The van der Waals surface area contributed by atoms with Gasteiger partial charge in [0.25, 0.3) is 0 Å². The molecule has 0 bridgehead atoms. The highest BCUT2D eigenvalue weighted by Crippen LogP contribution is 2.34. The topological polar surface area (TPSA) is 45.5 Å². The van der Waals surface area contributed by atoms with Crippen molar-refractivity contribution < 1.29 is 14.2 Å². The molecule has 33 heavy (non-hydrogen) atoms. The summed E-state index contributed by atoms with van der Waals surface area (Å²) in [7, 11) is 0. The highest BCUT2D eigenvalue weighted by atomic mass is 35.5. The number of ether oxygens (including phenoxy) is 3. The van der Waals surface area contributed by atoms with Crippen LogP contribution in [0.2, 0.25) is 10.0 Å². The van der Waals surface area contributed by atoms with Crippen LogP contribution in [-0.4, -0.2) is 35.2 Å². The van der Waals surface area contributed by atoms with Crippen molar-refractivity contribution in [3.63, 3.8) is 0 Å². The molecule has 0 saturated carbocycles. The van der Waals surface area contributed by atoms with Gasteiger partial charge in [0.2, 0.25) is 0 Å². The van der Waals surface area contributed by atoms with E-state index in [1.54, 1.807) is 12.5 Å². The molecule has 3 aromatic rings. The van der Waals surface area contributed by atoms with Crippen molar-refractivity contribution in [3.05, 3.63) is 88.4 Å². The summed E-state index contributed by atoms with van der Waals surface area (Å²) in [5.41, 5.74) is 1.68. The lowest BCUT2D eigenvalue weighted by atomic mass is 10.1. The Morgan fingerprint density at radius 2 is 1.76 bits per heavy atom. The van der Waals surface area contributed by atoms with Crippen molar-refractivity contribution >= 4 is 34.8 Å². The molecule has 1 fully saturated rings. The second-order valence-corrected chi connectivity index (χ2v) is 9.37. The summed E-state index contributed by atoms with van der Waals surface area (Å²) in [6.45, 7) is 1.01. The van der Waals surface area contributed by atoms with E-state index in [0.717, 1.165) is 36.3 Å². The third kappa shape index (κ3) is 7.19. The Morgan fingerprint density at radius 1 is 1.03 bits per heavy atom. The van der Waals surface area contributed by atoms with Gasteiger partial charge in [-0.05, 0) is 61.1 Å². The van der Waals surface area contributed by atoms with Gasteiger partial charge in [0, 0.05) is 22.4 Å². The molecule has 1 aliphatic heterocycles. The van der Waals surface area contributed by atoms with Crippen molar-refractivity contribution in [2.75, 3.05) is 13.2 Å². The van der Waals surface area contributed by atoms with Gasteiger partial charge in [0.15, 0.2) is 6.29 Å². The number of halogens is 3. The van der Waals surface area contributed by atoms with E-state index in [0.29, 0.717) is 18.2 Å². The summed E-state index contributed by atoms with van der Waals surface area (Å²) < 4.78 is 20.3. The van der Waals surface area contributed by atoms with Gasteiger partial charge in [-0.3, -0.25) is 0 Å². The highest BCUT2D eigenvalue weighted by molar-refractivity contribution is 6.30. The predicted molar refractivity (Wildman–Crippen MR) is 131 cm³/mol. The molecule has 176 valence electrons. The quantitative estimate of drug-likeness (QED) is 0.281. The van der Waals surface area contributed by atoms with E-state index < -0.39 is 5.50 Å². The van der Waals surface area contributed by atoms with Gasteiger partial charge in [0.05, 0.1) is 25.6 Å². The lowest BCUT2D eigenvalue weighted by molar-refractivity contribution is -0.208. The van der Waals surface area contributed by atoms with Gasteiger partial charge in [-0.1, -0.05) is 59.1 Å². The Hall–Kier alpha value is -1.60. The zero-order valence-electron chi connectivity index (χ0n) is 18.2. The second kappa shape index (κ2) is 12.2. The Bertz CT molecular complexity index is 968. The van der Waals surface area contributed by atoms with Crippen molar-refractivity contribution in [1.29, 1.82) is 0 Å². The number of imidazole rings is 1. The second-order valence-electron chi connectivity index (χ2n) is 8.05. The molecule has 1 aliphatic rings. The molecule has 0 radical (unpaired) electrons. The number of alkyl halides is 1. The first kappa shape index (κ1) is 24.5. The van der Waals surface area contributed by atoms with Crippen LogP contribution in [0.1, 0.15) is 42.0 Å². The van der Waals surface area contributed by atoms with Gasteiger partial charge in [0.1, 0.15) is 11.6 Å². The van der Waals surface area contributed by atoms with Crippen LogP contribution >= 0.6 is 34.8 Å². The molecule has 2 aromatic carbocycles. The number of benzene rings is 2. The first-order valence-electron chi connectivity index (χ1n) is 11.1. The Balaban J connectivity index is 1.31. The average molecular weight is 510 g/mol. The van der Waals surface area contributed by atoms with Crippen LogP contribution in [-0.2, 0) is 20.6 Å². The Labute approximate surface area is 209 Å². The molecule has 1 aromatic heterocycles. The number of hydrogen-bond acceptors (Lipinski definition) is 4. The molecule has 4 unspecified atom stereocenters. The van der Waals surface area contributed by atoms with E-state index in [1.165, 1.54) is 5.56 Å². The van der Waals surface area contributed by atoms with Crippen LogP contribution in [0.15, 0.2) is 67.3 Å². The fourth-order valence-corrected chi connectivity index (χ4v) is 4.42. The lowest BCUT2D eigenvalue weighted by Crippen LogP contribution is -2.34. The summed E-state index contributed by atoms with van der Waals surface area (Å²) in [5.74, 6) is 0. The van der Waals surface area contributed by atoms with Gasteiger partial charge >= 0.3 is 0 Å². The summed E-state index contributed by atoms with van der Waals surface area (Å²) in [5, 5.41) is 1.41. The highest BCUT2D eigenvalue weighted by Gasteiger charge is 2.28. The van der Waals surface area contributed by atoms with Crippen molar-refractivity contribution in [2.24, 2.45) is 0 Å². The van der Waals surface area contributed by atoms with Crippen LogP contribution in [0.4, 0.5) is 0 Å². The molecule has 4 rings (SSSR count). The average Bonchev–Trinajstić information content (AvgIpc) is 3.37. The van der Waals surface area contributed by atoms with Crippen molar-refractivity contribution in [2.45, 2.75) is 49.7 Å².